The second kappa shape index (κ2) is 9.91. The fourth-order valence-electron chi connectivity index (χ4n) is 4.98. The molecule has 4 rings (SSSR count). The van der Waals surface area contributed by atoms with Gasteiger partial charge in [-0.05, 0) is 13.0 Å². The van der Waals surface area contributed by atoms with Crippen LogP contribution in [0.1, 0.15) is 97.0 Å². The Kier molecular flexibility index (Phi) is 7.06. The number of hydrogen-bond donors (Lipinski definition) is 2. The molecule has 2 aliphatic rings. The van der Waals surface area contributed by atoms with Gasteiger partial charge in [0.05, 0.1) is 28.7 Å². The van der Waals surface area contributed by atoms with Crippen LogP contribution in [0.15, 0.2) is 18.2 Å². The molecular weight excluding hydrogens is 524 g/mol. The quantitative estimate of drug-likeness (QED) is 0.350. The summed E-state index contributed by atoms with van der Waals surface area (Å²) in [5, 5.41) is 32.5. The lowest BCUT2D eigenvalue weighted by Crippen LogP contribution is -2.56. The summed E-state index contributed by atoms with van der Waals surface area (Å²) in [7, 11) is 0. The van der Waals surface area contributed by atoms with Gasteiger partial charge in [-0.1, -0.05) is 39.8 Å². The summed E-state index contributed by atoms with van der Waals surface area (Å²) in [6.45, 7) is 8.33. The van der Waals surface area contributed by atoms with E-state index >= 15 is 0 Å². The first-order valence-electron chi connectivity index (χ1n) is 12.6. The molecule has 0 saturated carbocycles. The van der Waals surface area contributed by atoms with Crippen LogP contribution in [0.2, 0.25) is 0 Å². The molecule has 1 aromatic carbocycles. The lowest BCUT2D eigenvalue weighted by atomic mass is 9.75. The van der Waals surface area contributed by atoms with Crippen LogP contribution in [0.3, 0.4) is 0 Å². The van der Waals surface area contributed by atoms with Crippen LogP contribution in [-0.2, 0) is 28.6 Å². The maximum absolute atomic E-state index is 13.9. The molecule has 0 aliphatic heterocycles. The van der Waals surface area contributed by atoms with Crippen molar-refractivity contribution < 1.29 is 48.4 Å². The lowest BCUT2D eigenvalue weighted by molar-refractivity contribution is -0.225. The number of fused-ring (bicyclic) bond motifs is 4. The zero-order valence-electron chi connectivity index (χ0n) is 22.7. The SMILES string of the molecule is CC(=O)OC1c2c3c(n(C#N)c2C(OC(=O)C(C)C)[C@@](C)(O)C1OC(=O)C(C)C)C(=O)c1c(O)cccc1C3=O. The number of ketones is 2. The molecule has 40 heavy (non-hydrogen) atoms. The normalized spacial score (nSPS) is 23.1. The Labute approximate surface area is 229 Å². The number of carbonyl (C=O) groups is 5. The predicted molar refractivity (Wildman–Crippen MR) is 134 cm³/mol. The highest BCUT2D eigenvalue weighted by Gasteiger charge is 2.60. The third kappa shape index (κ3) is 4.23. The van der Waals surface area contributed by atoms with E-state index in [1.165, 1.54) is 52.8 Å². The molecule has 0 amide bonds. The van der Waals surface area contributed by atoms with E-state index in [0.29, 0.717) is 0 Å². The highest BCUT2D eigenvalue weighted by molar-refractivity contribution is 6.29. The number of phenols is 1. The van der Waals surface area contributed by atoms with Crippen molar-refractivity contribution in [2.45, 2.75) is 65.5 Å². The second-order valence-corrected chi connectivity index (χ2v) is 10.6. The lowest BCUT2D eigenvalue weighted by Gasteiger charge is -2.45. The highest BCUT2D eigenvalue weighted by atomic mass is 16.6. The van der Waals surface area contributed by atoms with Crippen molar-refractivity contribution in [1.29, 1.82) is 5.26 Å². The van der Waals surface area contributed by atoms with Crippen LogP contribution in [-0.4, -0.2) is 56.0 Å². The number of hydrogen-bond acceptors (Lipinski definition) is 11. The topological polar surface area (TPSA) is 182 Å². The van der Waals surface area contributed by atoms with Gasteiger partial charge in [-0.3, -0.25) is 24.0 Å². The van der Waals surface area contributed by atoms with E-state index in [4.69, 9.17) is 14.2 Å². The average molecular weight is 553 g/mol. The molecule has 0 spiro atoms. The van der Waals surface area contributed by atoms with E-state index in [2.05, 4.69) is 0 Å². The number of phenolic OH excluding ortho intramolecular Hbond substituents is 1. The fraction of sp³-hybridized carbons (Fsp3) is 0.429. The first kappa shape index (κ1) is 28.5. The van der Waals surface area contributed by atoms with E-state index in [-0.39, 0.29) is 27.9 Å². The number of aromatic hydroxyl groups is 1. The molecule has 0 fully saturated rings. The second-order valence-electron chi connectivity index (χ2n) is 10.6. The van der Waals surface area contributed by atoms with Crippen LogP contribution in [0.5, 0.6) is 5.75 Å². The molecule has 12 heteroatoms. The Balaban J connectivity index is 2.13. The van der Waals surface area contributed by atoms with Crippen molar-refractivity contribution in [1.82, 2.24) is 4.57 Å². The van der Waals surface area contributed by atoms with E-state index in [1.807, 2.05) is 0 Å². The zero-order chi connectivity index (χ0) is 29.8. The van der Waals surface area contributed by atoms with Gasteiger partial charge in [-0.15, -0.1) is 0 Å². The molecule has 4 atom stereocenters. The Hall–Kier alpha value is -4.50. The number of aliphatic hydroxyl groups is 1. The predicted octanol–water partition coefficient (Wildman–Crippen LogP) is 2.48. The van der Waals surface area contributed by atoms with Gasteiger partial charge in [0.1, 0.15) is 17.0 Å². The summed E-state index contributed by atoms with van der Waals surface area (Å²) in [4.78, 5) is 65.4. The average Bonchev–Trinajstić information content (AvgIpc) is 3.21. The molecule has 2 N–H and O–H groups in total. The maximum Gasteiger partial charge on any atom is 0.309 e. The van der Waals surface area contributed by atoms with Crippen LogP contribution in [0, 0.1) is 23.3 Å². The molecule has 0 radical (unpaired) electrons. The molecule has 2 aromatic rings. The molecule has 0 saturated heterocycles. The van der Waals surface area contributed by atoms with Crippen molar-refractivity contribution in [2.75, 3.05) is 0 Å². The summed E-state index contributed by atoms with van der Waals surface area (Å²) in [6, 6.07) is 3.86. The first-order chi connectivity index (χ1) is 18.6. The van der Waals surface area contributed by atoms with Crippen molar-refractivity contribution in [2.24, 2.45) is 11.8 Å². The number of nitriles is 1. The van der Waals surface area contributed by atoms with Crippen molar-refractivity contribution in [3.05, 3.63) is 51.8 Å². The van der Waals surface area contributed by atoms with Crippen LogP contribution in [0.4, 0.5) is 0 Å². The van der Waals surface area contributed by atoms with Gasteiger partial charge in [0, 0.05) is 18.1 Å². The van der Waals surface area contributed by atoms with Gasteiger partial charge in [0.2, 0.25) is 5.78 Å². The van der Waals surface area contributed by atoms with Crippen LogP contribution >= 0.6 is 0 Å². The van der Waals surface area contributed by atoms with Gasteiger partial charge in [0.25, 0.3) is 0 Å². The number of rotatable bonds is 5. The van der Waals surface area contributed by atoms with Crippen molar-refractivity contribution >= 4 is 29.5 Å². The molecule has 3 unspecified atom stereocenters. The van der Waals surface area contributed by atoms with Gasteiger partial charge in [-0.25, -0.2) is 4.57 Å². The Morgan fingerprint density at radius 2 is 1.60 bits per heavy atom. The third-order valence-electron chi connectivity index (χ3n) is 6.93. The van der Waals surface area contributed by atoms with Gasteiger partial charge in [0.15, 0.2) is 30.3 Å². The first-order valence-corrected chi connectivity index (χ1v) is 12.6. The summed E-state index contributed by atoms with van der Waals surface area (Å²) in [5.41, 5.74) is -4.23. The number of ether oxygens (including phenoxy) is 3. The molecular formula is C28H28N2O10. The van der Waals surface area contributed by atoms with E-state index < -0.39 is 76.7 Å². The summed E-state index contributed by atoms with van der Waals surface area (Å²) in [5.74, 6) is -6.09. The molecule has 2 aliphatic carbocycles. The number of aromatic nitrogens is 1. The standard InChI is InChI=1S/C28H28N2O10/c1-11(2)26(35)39-24-20-18(23(38-13(5)31)25(28(24,6)37)40-27(36)12(3)4)17-19(30(20)10-29)22(34)16-14(21(17)33)8-7-9-15(16)32/h7-9,11-12,23-25,32,37H,1-6H3/t23?,24?,25?,28-/m1/s1. The monoisotopic (exact) mass is 552 g/mol. The molecule has 12 nitrogen and oxygen atoms in total. The number of benzene rings is 1. The number of nitrogens with zero attached hydrogens (tertiary/aromatic N) is 2. The Bertz CT molecular complexity index is 1510. The van der Waals surface area contributed by atoms with Crippen molar-refractivity contribution in [3.63, 3.8) is 0 Å². The summed E-state index contributed by atoms with van der Waals surface area (Å²) in [6.07, 6.45) is -3.37. The molecule has 210 valence electrons. The van der Waals surface area contributed by atoms with Gasteiger partial charge in [-0.2, -0.15) is 5.26 Å². The van der Waals surface area contributed by atoms with Gasteiger partial charge < -0.3 is 24.4 Å². The van der Waals surface area contributed by atoms with Crippen LogP contribution in [0.25, 0.3) is 0 Å². The van der Waals surface area contributed by atoms with Gasteiger partial charge >= 0.3 is 17.9 Å². The highest BCUT2D eigenvalue weighted by Crippen LogP contribution is 2.52. The van der Waals surface area contributed by atoms with E-state index in [0.717, 1.165) is 11.5 Å². The largest absolute Gasteiger partial charge is 0.507 e. The van der Waals surface area contributed by atoms with Crippen LogP contribution < -0.4 is 0 Å². The smallest absolute Gasteiger partial charge is 0.309 e. The minimum atomic E-state index is -2.32. The van der Waals surface area contributed by atoms with Crippen molar-refractivity contribution in [3.8, 4) is 11.9 Å². The maximum atomic E-state index is 13.9. The summed E-state index contributed by atoms with van der Waals surface area (Å²) < 4.78 is 17.5. The third-order valence-corrected chi connectivity index (χ3v) is 6.93. The summed E-state index contributed by atoms with van der Waals surface area (Å²) >= 11 is 0. The molecule has 0 bridgehead atoms. The Morgan fingerprint density at radius 1 is 1.00 bits per heavy atom. The number of carbonyl (C=O) groups excluding carboxylic acids is 5. The minimum absolute atomic E-state index is 0.180. The zero-order valence-corrected chi connectivity index (χ0v) is 22.7. The molecule has 1 aromatic heterocycles. The minimum Gasteiger partial charge on any atom is -0.507 e. The number of esters is 3. The van der Waals surface area contributed by atoms with E-state index in [9.17, 15) is 39.4 Å². The van der Waals surface area contributed by atoms with E-state index in [1.54, 1.807) is 6.19 Å². The Morgan fingerprint density at radius 3 is 2.15 bits per heavy atom. The fourth-order valence-corrected chi connectivity index (χ4v) is 4.98. The molecule has 1 heterocycles.